The van der Waals surface area contributed by atoms with Gasteiger partial charge in [-0.2, -0.15) is 5.10 Å². The van der Waals surface area contributed by atoms with Gasteiger partial charge in [0, 0.05) is 31.2 Å². The summed E-state index contributed by atoms with van der Waals surface area (Å²) < 4.78 is 6.47. The summed E-state index contributed by atoms with van der Waals surface area (Å²) in [6.07, 6.45) is 4.62. The molecule has 3 heterocycles. The van der Waals surface area contributed by atoms with Crippen LogP contribution in [0.15, 0.2) is 12.3 Å². The van der Waals surface area contributed by atoms with Crippen LogP contribution in [0.2, 0.25) is 0 Å². The summed E-state index contributed by atoms with van der Waals surface area (Å²) in [6, 6.07) is 1.74. The lowest BCUT2D eigenvalue weighted by molar-refractivity contribution is -0.142. The van der Waals surface area contributed by atoms with Gasteiger partial charge in [0.2, 0.25) is 0 Å². The molecule has 3 rings (SSSR count). The lowest BCUT2D eigenvalue weighted by atomic mass is 9.98. The van der Waals surface area contributed by atoms with Gasteiger partial charge in [-0.25, -0.2) is 4.98 Å². The van der Waals surface area contributed by atoms with E-state index in [2.05, 4.69) is 10.1 Å². The standard InChI is InChI=1S/C17H22N4O3/c1-11-14-8-12(10-18-16(14)20(2)19-11)17(23)21-7-5-4-6-13(21)9-15(22)24-3/h8,10,13H,4-7,9H2,1-3H3. The third kappa shape index (κ3) is 2.98. The number of nitrogens with zero attached hydrogens (tertiary/aromatic N) is 4. The van der Waals surface area contributed by atoms with Crippen molar-refractivity contribution in [3.05, 3.63) is 23.5 Å². The first-order valence-electron chi connectivity index (χ1n) is 8.18. The van der Waals surface area contributed by atoms with Crippen LogP contribution in [0.4, 0.5) is 0 Å². The zero-order chi connectivity index (χ0) is 17.3. The molecule has 7 heteroatoms. The number of esters is 1. The zero-order valence-electron chi connectivity index (χ0n) is 14.3. The van der Waals surface area contributed by atoms with Crippen molar-refractivity contribution in [2.45, 2.75) is 38.6 Å². The van der Waals surface area contributed by atoms with E-state index in [1.54, 1.807) is 15.8 Å². The van der Waals surface area contributed by atoms with E-state index in [1.165, 1.54) is 7.11 Å². The fourth-order valence-corrected chi connectivity index (χ4v) is 3.35. The fourth-order valence-electron chi connectivity index (χ4n) is 3.35. The van der Waals surface area contributed by atoms with Crippen molar-refractivity contribution >= 4 is 22.9 Å². The van der Waals surface area contributed by atoms with Gasteiger partial charge in [-0.1, -0.05) is 0 Å². The summed E-state index contributed by atoms with van der Waals surface area (Å²) >= 11 is 0. The van der Waals surface area contributed by atoms with Crippen molar-refractivity contribution in [1.29, 1.82) is 0 Å². The summed E-state index contributed by atoms with van der Waals surface area (Å²) in [5.41, 5.74) is 2.14. The molecular weight excluding hydrogens is 308 g/mol. The number of carbonyl (C=O) groups is 2. The van der Waals surface area contributed by atoms with E-state index in [9.17, 15) is 9.59 Å². The third-order valence-corrected chi connectivity index (χ3v) is 4.63. The Bertz CT molecular complexity index is 783. The molecule has 2 aromatic heterocycles. The summed E-state index contributed by atoms with van der Waals surface area (Å²) in [4.78, 5) is 30.7. The number of aryl methyl sites for hydroxylation is 2. The molecule has 1 aliphatic rings. The molecule has 1 atom stereocenters. The van der Waals surface area contributed by atoms with E-state index >= 15 is 0 Å². The molecule has 0 bridgehead atoms. The van der Waals surface area contributed by atoms with E-state index in [4.69, 9.17) is 4.74 Å². The smallest absolute Gasteiger partial charge is 0.307 e. The van der Waals surface area contributed by atoms with Gasteiger partial charge >= 0.3 is 5.97 Å². The van der Waals surface area contributed by atoms with Crippen LogP contribution in [0, 0.1) is 6.92 Å². The maximum absolute atomic E-state index is 12.9. The van der Waals surface area contributed by atoms with Gasteiger partial charge in [-0.3, -0.25) is 14.3 Å². The molecule has 1 amide bonds. The van der Waals surface area contributed by atoms with E-state index in [-0.39, 0.29) is 24.3 Å². The Balaban J connectivity index is 1.88. The van der Waals surface area contributed by atoms with Gasteiger partial charge in [-0.05, 0) is 32.3 Å². The molecule has 0 N–H and O–H groups in total. The van der Waals surface area contributed by atoms with Gasteiger partial charge < -0.3 is 9.64 Å². The highest BCUT2D eigenvalue weighted by Crippen LogP contribution is 2.24. The van der Waals surface area contributed by atoms with Gasteiger partial charge in [0.25, 0.3) is 5.91 Å². The Morgan fingerprint density at radius 3 is 2.92 bits per heavy atom. The minimum absolute atomic E-state index is 0.0822. The first kappa shape index (κ1) is 16.4. The topological polar surface area (TPSA) is 77.3 Å². The number of piperidine rings is 1. The van der Waals surface area contributed by atoms with Crippen molar-refractivity contribution in [2.24, 2.45) is 7.05 Å². The minimum Gasteiger partial charge on any atom is -0.469 e. The van der Waals surface area contributed by atoms with Gasteiger partial charge in [0.15, 0.2) is 5.65 Å². The molecule has 1 saturated heterocycles. The number of methoxy groups -OCH3 is 1. The molecule has 0 aromatic carbocycles. The van der Waals surface area contributed by atoms with E-state index in [0.717, 1.165) is 36.0 Å². The second kappa shape index (κ2) is 6.59. The molecular formula is C17H22N4O3. The van der Waals surface area contributed by atoms with Crippen LogP contribution >= 0.6 is 0 Å². The first-order chi connectivity index (χ1) is 11.5. The maximum Gasteiger partial charge on any atom is 0.307 e. The number of rotatable bonds is 3. The molecule has 1 fully saturated rings. The zero-order valence-corrected chi connectivity index (χ0v) is 14.3. The van der Waals surface area contributed by atoms with Gasteiger partial charge in [0.05, 0.1) is 24.8 Å². The number of likely N-dealkylation sites (tertiary alicyclic amines) is 1. The van der Waals surface area contributed by atoms with Crippen molar-refractivity contribution in [2.75, 3.05) is 13.7 Å². The normalized spacial score (nSPS) is 18.0. The Labute approximate surface area is 140 Å². The maximum atomic E-state index is 12.9. The van der Waals surface area contributed by atoms with E-state index in [1.807, 2.05) is 20.0 Å². The molecule has 0 saturated carbocycles. The summed E-state index contributed by atoms with van der Waals surface area (Å²) in [6.45, 7) is 2.56. The second-order valence-electron chi connectivity index (χ2n) is 6.23. The second-order valence-corrected chi connectivity index (χ2v) is 6.23. The molecule has 0 aliphatic carbocycles. The predicted molar refractivity (Wildman–Crippen MR) is 88.6 cm³/mol. The van der Waals surface area contributed by atoms with Crippen LogP contribution in [0.25, 0.3) is 11.0 Å². The van der Waals surface area contributed by atoms with Crippen LogP contribution in [-0.2, 0) is 16.6 Å². The summed E-state index contributed by atoms with van der Waals surface area (Å²) in [5.74, 6) is -0.363. The Hall–Kier alpha value is -2.44. The quantitative estimate of drug-likeness (QED) is 0.803. The predicted octanol–water partition coefficient (Wildman–Crippen LogP) is 1.83. The van der Waals surface area contributed by atoms with Crippen LogP contribution < -0.4 is 0 Å². The number of carbonyl (C=O) groups excluding carboxylic acids is 2. The number of aromatic nitrogens is 3. The van der Waals surface area contributed by atoms with Gasteiger partial charge in [-0.15, -0.1) is 0 Å². The lowest BCUT2D eigenvalue weighted by Gasteiger charge is -2.35. The van der Waals surface area contributed by atoms with Crippen LogP contribution in [0.1, 0.15) is 41.7 Å². The lowest BCUT2D eigenvalue weighted by Crippen LogP contribution is -2.44. The number of hydrogen-bond donors (Lipinski definition) is 0. The third-order valence-electron chi connectivity index (χ3n) is 4.63. The molecule has 0 spiro atoms. The van der Waals surface area contributed by atoms with E-state index in [0.29, 0.717) is 12.1 Å². The highest BCUT2D eigenvalue weighted by Gasteiger charge is 2.30. The summed E-state index contributed by atoms with van der Waals surface area (Å²) in [5, 5.41) is 5.22. The number of pyridine rings is 1. The van der Waals surface area contributed by atoms with Crippen molar-refractivity contribution in [3.8, 4) is 0 Å². The largest absolute Gasteiger partial charge is 0.469 e. The average molecular weight is 330 g/mol. The summed E-state index contributed by atoms with van der Waals surface area (Å²) in [7, 11) is 3.21. The molecule has 7 nitrogen and oxygen atoms in total. The fraction of sp³-hybridized carbons (Fsp3) is 0.529. The number of ether oxygens (including phenoxy) is 1. The van der Waals surface area contributed by atoms with Gasteiger partial charge in [0.1, 0.15) is 0 Å². The van der Waals surface area contributed by atoms with E-state index < -0.39 is 0 Å². The average Bonchev–Trinajstić information content (AvgIpc) is 2.88. The Kier molecular flexibility index (Phi) is 4.51. The van der Waals surface area contributed by atoms with Crippen LogP contribution in [-0.4, -0.2) is 51.2 Å². The number of fused-ring (bicyclic) bond motifs is 1. The molecule has 24 heavy (non-hydrogen) atoms. The van der Waals surface area contributed by atoms with Crippen LogP contribution in [0.5, 0.6) is 0 Å². The SMILES string of the molecule is COC(=O)CC1CCCCN1C(=O)c1cnc2c(c1)c(C)nn2C. The first-order valence-corrected chi connectivity index (χ1v) is 8.18. The molecule has 128 valence electrons. The van der Waals surface area contributed by atoms with Crippen molar-refractivity contribution in [3.63, 3.8) is 0 Å². The minimum atomic E-state index is -0.281. The number of amides is 1. The highest BCUT2D eigenvalue weighted by atomic mass is 16.5. The Morgan fingerprint density at radius 2 is 2.17 bits per heavy atom. The van der Waals surface area contributed by atoms with Crippen molar-refractivity contribution < 1.29 is 14.3 Å². The van der Waals surface area contributed by atoms with Crippen molar-refractivity contribution in [1.82, 2.24) is 19.7 Å². The molecule has 2 aromatic rings. The Morgan fingerprint density at radius 1 is 1.38 bits per heavy atom. The molecule has 0 radical (unpaired) electrons. The molecule has 1 unspecified atom stereocenters. The van der Waals surface area contributed by atoms with Crippen LogP contribution in [0.3, 0.4) is 0 Å². The monoisotopic (exact) mass is 330 g/mol. The number of hydrogen-bond acceptors (Lipinski definition) is 5. The molecule has 1 aliphatic heterocycles. The highest BCUT2D eigenvalue weighted by molar-refractivity contribution is 5.97.